The average Bonchev–Trinajstić information content (AvgIpc) is 2.09. The van der Waals surface area contributed by atoms with E-state index in [-0.39, 0.29) is 0 Å². The fraction of sp³-hybridized carbons (Fsp3) is 1.00. The van der Waals surface area contributed by atoms with E-state index in [1.807, 2.05) is 0 Å². The summed E-state index contributed by atoms with van der Waals surface area (Å²) in [4.78, 5) is 0. The number of rotatable bonds is 9. The molecule has 0 spiro atoms. The number of hydrogen-bond acceptors (Lipinski definition) is 3. The van der Waals surface area contributed by atoms with Gasteiger partial charge in [0.25, 0.3) is 0 Å². The molecule has 0 aromatic rings. The molecule has 0 heterocycles. The van der Waals surface area contributed by atoms with Crippen LogP contribution in [0.5, 0.6) is 0 Å². The molecule has 0 saturated carbocycles. The molecule has 7 heteroatoms. The van der Waals surface area contributed by atoms with Crippen LogP contribution < -0.4 is 0 Å². The van der Waals surface area contributed by atoms with Crippen molar-refractivity contribution in [3.8, 4) is 0 Å². The number of alkyl halides is 1. The first-order chi connectivity index (χ1) is 7.39. The highest BCUT2D eigenvalue weighted by Crippen LogP contribution is 2.18. The summed E-state index contributed by atoms with van der Waals surface area (Å²) < 4.78 is 28.6. The third-order valence-corrected chi connectivity index (χ3v) is 11.0. The first-order valence-electron chi connectivity index (χ1n) is 5.89. The maximum atomic E-state index is 11.8. The van der Waals surface area contributed by atoms with Gasteiger partial charge in [-0.2, -0.15) is 0 Å². The summed E-state index contributed by atoms with van der Waals surface area (Å²) in [5, 5.41) is 0. The van der Waals surface area contributed by atoms with Gasteiger partial charge in [-0.15, -0.1) is 0 Å². The summed E-state index contributed by atoms with van der Waals surface area (Å²) in [6.07, 6.45) is 0.828. The van der Waals surface area contributed by atoms with Gasteiger partial charge in [0.05, 0.1) is 0 Å². The Morgan fingerprint density at radius 3 is 1.94 bits per heavy atom. The third-order valence-electron chi connectivity index (χ3n) is 1.97. The molecule has 98 valence electrons. The molecular formula is C9H25FO3Si3. The first-order valence-corrected chi connectivity index (χ1v) is 14.0. The minimum absolute atomic E-state index is 0.463. The van der Waals surface area contributed by atoms with Crippen molar-refractivity contribution >= 4 is 26.6 Å². The van der Waals surface area contributed by atoms with Crippen molar-refractivity contribution < 1.29 is 17.4 Å². The average molecular weight is 285 g/mol. The Hall–Kier alpha value is 0.461. The Balaban J connectivity index is 4.08. The highest BCUT2D eigenvalue weighted by molar-refractivity contribution is 6.79. The zero-order chi connectivity index (χ0) is 12.6. The molecule has 0 aliphatic carbocycles. The summed E-state index contributed by atoms with van der Waals surface area (Å²) >= 11 is 0. The second-order valence-electron chi connectivity index (χ2n) is 4.59. The van der Waals surface area contributed by atoms with Crippen molar-refractivity contribution in [2.75, 3.05) is 13.5 Å². The van der Waals surface area contributed by atoms with Gasteiger partial charge in [0.15, 0.2) is 24.9 Å². The molecular weight excluding hydrogens is 259 g/mol. The van der Waals surface area contributed by atoms with E-state index < -0.39 is 33.5 Å². The summed E-state index contributed by atoms with van der Waals surface area (Å²) in [6.45, 7) is 10.5. The van der Waals surface area contributed by atoms with Crippen molar-refractivity contribution in [3.63, 3.8) is 0 Å². The van der Waals surface area contributed by atoms with Crippen molar-refractivity contribution in [1.29, 1.82) is 0 Å². The molecule has 0 fully saturated rings. The summed E-state index contributed by atoms with van der Waals surface area (Å²) in [6, 6.07) is 0.906. The Labute approximate surface area is 103 Å². The van der Waals surface area contributed by atoms with Gasteiger partial charge < -0.3 is 13.0 Å². The Morgan fingerprint density at radius 1 is 1.06 bits per heavy atom. The fourth-order valence-electron chi connectivity index (χ4n) is 1.69. The largest absolute Gasteiger partial charge is 0.439 e. The highest BCUT2D eigenvalue weighted by atomic mass is 28.5. The predicted molar refractivity (Wildman–Crippen MR) is 72.9 cm³/mol. The fourth-order valence-corrected chi connectivity index (χ4v) is 12.1. The molecule has 0 rings (SSSR count). The van der Waals surface area contributed by atoms with Gasteiger partial charge in [-0.05, 0) is 45.2 Å². The Kier molecular flexibility index (Phi) is 8.78. The van der Waals surface area contributed by atoms with Crippen LogP contribution >= 0.6 is 0 Å². The van der Waals surface area contributed by atoms with Gasteiger partial charge in [-0.3, -0.25) is 0 Å². The van der Waals surface area contributed by atoms with Gasteiger partial charge >= 0.3 is 8.56 Å². The van der Waals surface area contributed by atoms with Gasteiger partial charge in [0.1, 0.15) is 0 Å². The zero-order valence-corrected chi connectivity index (χ0v) is 14.4. The van der Waals surface area contributed by atoms with Crippen LogP contribution in [0.25, 0.3) is 0 Å². The second-order valence-corrected chi connectivity index (χ2v) is 13.4. The zero-order valence-electron chi connectivity index (χ0n) is 11.1. The van der Waals surface area contributed by atoms with Gasteiger partial charge in [0.2, 0.25) is 0 Å². The quantitative estimate of drug-likeness (QED) is 0.481. The lowest BCUT2D eigenvalue weighted by molar-refractivity contribution is 0.0577. The molecule has 0 aliphatic heterocycles. The van der Waals surface area contributed by atoms with Crippen molar-refractivity contribution in [1.82, 2.24) is 0 Å². The molecule has 3 nitrogen and oxygen atoms in total. The molecule has 0 aromatic heterocycles. The van der Waals surface area contributed by atoms with E-state index in [2.05, 4.69) is 32.7 Å². The van der Waals surface area contributed by atoms with Crippen LogP contribution in [0.15, 0.2) is 0 Å². The van der Waals surface area contributed by atoms with E-state index in [1.165, 1.54) is 0 Å². The molecule has 0 amide bonds. The van der Waals surface area contributed by atoms with E-state index in [0.717, 1.165) is 12.5 Å². The van der Waals surface area contributed by atoms with Crippen LogP contribution in [0.1, 0.15) is 6.42 Å². The highest BCUT2D eigenvalue weighted by Gasteiger charge is 2.32. The smallest absolute Gasteiger partial charge is 0.314 e. The predicted octanol–water partition coefficient (Wildman–Crippen LogP) is 2.39. The van der Waals surface area contributed by atoms with Crippen LogP contribution in [0, 0.1) is 0 Å². The van der Waals surface area contributed by atoms with Crippen molar-refractivity contribution in [2.24, 2.45) is 0 Å². The van der Waals surface area contributed by atoms with Gasteiger partial charge in [-0.25, -0.2) is 4.39 Å². The lowest BCUT2D eigenvalue weighted by Gasteiger charge is -2.31. The minimum atomic E-state index is -2.00. The second kappa shape index (κ2) is 8.54. The molecule has 0 radical (unpaired) electrons. The topological polar surface area (TPSA) is 27.7 Å². The minimum Gasteiger partial charge on any atom is -0.439 e. The van der Waals surface area contributed by atoms with Crippen LogP contribution in [0.3, 0.4) is 0 Å². The molecule has 0 aromatic carbocycles. The van der Waals surface area contributed by atoms with Gasteiger partial charge in [-0.1, -0.05) is 0 Å². The van der Waals surface area contributed by atoms with E-state index in [1.54, 1.807) is 0 Å². The SMILES string of the molecule is C[SiH](C)O[Si](C)(CCCOCF)O[SiH](C)C. The Bertz CT molecular complexity index is 171. The molecule has 0 bridgehead atoms. The number of halogens is 1. The molecule has 16 heavy (non-hydrogen) atoms. The van der Waals surface area contributed by atoms with Crippen molar-refractivity contribution in [2.45, 2.75) is 45.2 Å². The molecule has 0 atom stereocenters. The maximum Gasteiger partial charge on any atom is 0.314 e. The van der Waals surface area contributed by atoms with Crippen molar-refractivity contribution in [3.05, 3.63) is 0 Å². The standard InChI is InChI=1S/C9H25FO3Si3/c1-14(2)12-16(5,13-15(3)4)8-6-7-11-9-10/h14-15H,6-9H2,1-5H3. The van der Waals surface area contributed by atoms with Crippen LogP contribution in [-0.4, -0.2) is 40.1 Å². The van der Waals surface area contributed by atoms with E-state index >= 15 is 0 Å². The van der Waals surface area contributed by atoms with E-state index in [9.17, 15) is 4.39 Å². The monoisotopic (exact) mass is 284 g/mol. The lowest BCUT2D eigenvalue weighted by Crippen LogP contribution is -2.45. The van der Waals surface area contributed by atoms with Gasteiger partial charge in [0, 0.05) is 6.61 Å². The van der Waals surface area contributed by atoms with Crippen LogP contribution in [0.2, 0.25) is 38.8 Å². The summed E-state index contributed by atoms with van der Waals surface area (Å²) in [5.74, 6) is 0. The molecule has 0 N–H and O–H groups in total. The molecule has 0 aliphatic rings. The van der Waals surface area contributed by atoms with E-state index in [4.69, 9.17) is 13.0 Å². The lowest BCUT2D eigenvalue weighted by atomic mass is 10.5. The van der Waals surface area contributed by atoms with Crippen LogP contribution in [0.4, 0.5) is 4.39 Å². The molecule has 0 saturated heterocycles. The first kappa shape index (κ1) is 16.5. The Morgan fingerprint density at radius 2 is 1.56 bits per heavy atom. The number of hydrogen-bond donors (Lipinski definition) is 0. The summed E-state index contributed by atoms with van der Waals surface area (Å²) in [7, 11) is -4.14. The molecule has 0 unspecified atom stereocenters. The van der Waals surface area contributed by atoms with Crippen LogP contribution in [-0.2, 0) is 13.0 Å². The van der Waals surface area contributed by atoms with E-state index in [0.29, 0.717) is 6.61 Å². The summed E-state index contributed by atoms with van der Waals surface area (Å²) in [5.41, 5.74) is 0. The number of ether oxygens (including phenoxy) is 1. The third kappa shape index (κ3) is 8.59. The normalized spacial score (nSPS) is 12.8. The maximum absolute atomic E-state index is 11.8.